The van der Waals surface area contributed by atoms with Crippen molar-refractivity contribution in [3.63, 3.8) is 0 Å². The minimum absolute atomic E-state index is 0.0592. The van der Waals surface area contributed by atoms with Gasteiger partial charge in [0.15, 0.2) is 11.4 Å². The number of methoxy groups -OCH3 is 1. The molecule has 0 spiro atoms. The van der Waals surface area contributed by atoms with Gasteiger partial charge in [-0.3, -0.25) is 9.59 Å². The number of halogens is 1. The molecule has 0 bridgehead atoms. The molecule has 2 rings (SSSR count). The van der Waals surface area contributed by atoms with Crippen LogP contribution >= 0.6 is 0 Å². The number of aromatic nitrogens is 1. The number of benzene rings is 1. The van der Waals surface area contributed by atoms with Gasteiger partial charge in [0.05, 0.1) is 12.2 Å². The van der Waals surface area contributed by atoms with Crippen LogP contribution in [0.2, 0.25) is 0 Å². The zero-order valence-electron chi connectivity index (χ0n) is 13.5. The Kier molecular flexibility index (Phi) is 6.15. The SMILES string of the molecule is COCC(=O)c1ncc(C(=O)NCc2ccc(F)cc2)c(CO)c1O. The molecule has 0 radical (unpaired) electrons. The molecule has 0 aliphatic carbocycles. The summed E-state index contributed by atoms with van der Waals surface area (Å²) in [5.41, 5.74) is 0.229. The van der Waals surface area contributed by atoms with Crippen molar-refractivity contribution in [2.24, 2.45) is 0 Å². The lowest BCUT2D eigenvalue weighted by molar-refractivity contribution is 0.0837. The summed E-state index contributed by atoms with van der Waals surface area (Å²) in [5, 5.41) is 22.1. The van der Waals surface area contributed by atoms with Crippen molar-refractivity contribution in [1.29, 1.82) is 0 Å². The molecule has 0 saturated heterocycles. The summed E-state index contributed by atoms with van der Waals surface area (Å²) >= 11 is 0. The monoisotopic (exact) mass is 348 g/mol. The maximum atomic E-state index is 12.9. The highest BCUT2D eigenvalue weighted by atomic mass is 19.1. The Morgan fingerprint density at radius 1 is 1.28 bits per heavy atom. The van der Waals surface area contributed by atoms with Crippen LogP contribution in [-0.4, -0.2) is 40.6 Å². The summed E-state index contributed by atoms with van der Waals surface area (Å²) < 4.78 is 17.6. The maximum absolute atomic E-state index is 12.9. The maximum Gasteiger partial charge on any atom is 0.253 e. The summed E-state index contributed by atoms with van der Waals surface area (Å²) in [4.78, 5) is 27.9. The largest absolute Gasteiger partial charge is 0.505 e. The lowest BCUT2D eigenvalue weighted by Crippen LogP contribution is -2.25. The Bertz CT molecular complexity index is 777. The first-order valence-corrected chi connectivity index (χ1v) is 7.34. The minimum atomic E-state index is -0.652. The number of aromatic hydroxyl groups is 1. The topological polar surface area (TPSA) is 109 Å². The molecule has 0 atom stereocenters. The molecule has 3 N–H and O–H groups in total. The van der Waals surface area contributed by atoms with Crippen LogP contribution in [0, 0.1) is 5.82 Å². The van der Waals surface area contributed by atoms with E-state index < -0.39 is 24.0 Å². The summed E-state index contributed by atoms with van der Waals surface area (Å²) in [5.74, 6) is -2.11. The fraction of sp³-hybridized carbons (Fsp3) is 0.235. The second kappa shape index (κ2) is 8.32. The number of pyridine rings is 1. The molecule has 132 valence electrons. The van der Waals surface area contributed by atoms with Crippen LogP contribution in [0.3, 0.4) is 0 Å². The van der Waals surface area contributed by atoms with Crippen LogP contribution in [0.25, 0.3) is 0 Å². The first-order valence-electron chi connectivity index (χ1n) is 7.34. The van der Waals surface area contributed by atoms with Crippen LogP contribution in [0.4, 0.5) is 4.39 Å². The van der Waals surface area contributed by atoms with Crippen molar-refractivity contribution >= 4 is 11.7 Å². The highest BCUT2D eigenvalue weighted by molar-refractivity contribution is 6.01. The van der Waals surface area contributed by atoms with E-state index in [0.29, 0.717) is 5.56 Å². The highest BCUT2D eigenvalue weighted by Crippen LogP contribution is 2.25. The van der Waals surface area contributed by atoms with E-state index in [2.05, 4.69) is 10.3 Å². The Morgan fingerprint density at radius 2 is 1.96 bits per heavy atom. The number of amides is 1. The fourth-order valence-corrected chi connectivity index (χ4v) is 2.18. The molecule has 0 fully saturated rings. The summed E-state index contributed by atoms with van der Waals surface area (Å²) in [6.45, 7) is -0.822. The Morgan fingerprint density at radius 3 is 2.56 bits per heavy atom. The lowest BCUT2D eigenvalue weighted by Gasteiger charge is -2.12. The van der Waals surface area contributed by atoms with Gasteiger partial charge in [-0.2, -0.15) is 0 Å². The average molecular weight is 348 g/mol. The van der Waals surface area contributed by atoms with E-state index in [0.717, 1.165) is 6.20 Å². The molecule has 1 amide bonds. The first kappa shape index (κ1) is 18.5. The lowest BCUT2D eigenvalue weighted by atomic mass is 10.1. The second-order valence-electron chi connectivity index (χ2n) is 5.17. The number of nitrogens with zero attached hydrogens (tertiary/aromatic N) is 1. The molecule has 1 heterocycles. The molecule has 8 heteroatoms. The van der Waals surface area contributed by atoms with Crippen molar-refractivity contribution in [2.75, 3.05) is 13.7 Å². The van der Waals surface area contributed by atoms with Crippen molar-refractivity contribution in [3.8, 4) is 5.75 Å². The molecule has 2 aromatic rings. The molecule has 0 unspecified atom stereocenters. The molecular formula is C17H17FN2O5. The molecule has 25 heavy (non-hydrogen) atoms. The number of carbonyl (C=O) groups is 2. The Labute approximate surface area is 143 Å². The van der Waals surface area contributed by atoms with Crippen LogP contribution in [0.1, 0.15) is 32.0 Å². The van der Waals surface area contributed by atoms with Crippen LogP contribution in [0.5, 0.6) is 5.75 Å². The fourth-order valence-electron chi connectivity index (χ4n) is 2.18. The molecule has 1 aromatic heterocycles. The number of Topliss-reactive ketones (excluding diaryl/α,β-unsaturated/α-hetero) is 1. The second-order valence-corrected chi connectivity index (χ2v) is 5.17. The molecule has 0 aliphatic rings. The van der Waals surface area contributed by atoms with Crippen molar-refractivity contribution in [1.82, 2.24) is 10.3 Å². The molecule has 0 aliphatic heterocycles. The zero-order chi connectivity index (χ0) is 18.4. The number of ether oxygens (including phenoxy) is 1. The van der Waals surface area contributed by atoms with E-state index in [1.165, 1.54) is 31.4 Å². The summed E-state index contributed by atoms with van der Waals surface area (Å²) in [6, 6.07) is 5.57. The third kappa shape index (κ3) is 4.37. The average Bonchev–Trinajstić information content (AvgIpc) is 2.60. The third-order valence-electron chi connectivity index (χ3n) is 3.47. The van der Waals surface area contributed by atoms with Gasteiger partial charge >= 0.3 is 0 Å². The van der Waals surface area contributed by atoms with E-state index in [1.54, 1.807) is 0 Å². The van der Waals surface area contributed by atoms with Crippen molar-refractivity contribution < 1.29 is 28.9 Å². The van der Waals surface area contributed by atoms with Gasteiger partial charge < -0.3 is 20.3 Å². The summed E-state index contributed by atoms with van der Waals surface area (Å²) in [7, 11) is 1.32. The van der Waals surface area contributed by atoms with Gasteiger partial charge in [0.1, 0.15) is 12.4 Å². The number of ketones is 1. The normalized spacial score (nSPS) is 10.5. The van der Waals surface area contributed by atoms with Crippen molar-refractivity contribution in [3.05, 3.63) is 58.7 Å². The predicted molar refractivity (Wildman–Crippen MR) is 85.6 cm³/mol. The first-order chi connectivity index (χ1) is 12.0. The number of aliphatic hydroxyl groups excluding tert-OH is 1. The van der Waals surface area contributed by atoms with Gasteiger partial charge in [0.25, 0.3) is 5.91 Å². The number of aliphatic hydroxyl groups is 1. The van der Waals surface area contributed by atoms with Gasteiger partial charge in [-0.25, -0.2) is 9.37 Å². The zero-order valence-corrected chi connectivity index (χ0v) is 13.5. The number of hydrogen-bond acceptors (Lipinski definition) is 6. The molecular weight excluding hydrogens is 331 g/mol. The van der Waals surface area contributed by atoms with E-state index in [4.69, 9.17) is 4.74 Å². The van der Waals surface area contributed by atoms with Crippen LogP contribution in [-0.2, 0) is 17.9 Å². The Balaban J connectivity index is 2.19. The van der Waals surface area contributed by atoms with Crippen molar-refractivity contribution in [2.45, 2.75) is 13.2 Å². The molecule has 1 aromatic carbocycles. The smallest absolute Gasteiger partial charge is 0.253 e. The van der Waals surface area contributed by atoms with Crippen LogP contribution < -0.4 is 5.32 Å². The molecule has 7 nitrogen and oxygen atoms in total. The number of rotatable bonds is 7. The van der Waals surface area contributed by atoms with E-state index >= 15 is 0 Å². The van der Waals surface area contributed by atoms with E-state index in [1.807, 2.05) is 0 Å². The molecule has 0 saturated carbocycles. The number of nitrogens with one attached hydrogen (secondary N) is 1. The van der Waals surface area contributed by atoms with E-state index in [-0.39, 0.29) is 35.8 Å². The highest BCUT2D eigenvalue weighted by Gasteiger charge is 2.22. The summed E-state index contributed by atoms with van der Waals surface area (Å²) in [6.07, 6.45) is 1.11. The van der Waals surface area contributed by atoms with E-state index in [9.17, 15) is 24.2 Å². The Hall–Kier alpha value is -2.84. The van der Waals surface area contributed by atoms with Crippen LogP contribution in [0.15, 0.2) is 30.5 Å². The number of carbonyl (C=O) groups excluding carboxylic acids is 2. The number of hydrogen-bond donors (Lipinski definition) is 3. The minimum Gasteiger partial charge on any atom is -0.505 e. The van der Waals surface area contributed by atoms with Gasteiger partial charge in [0.2, 0.25) is 5.78 Å². The van der Waals surface area contributed by atoms with Gasteiger partial charge in [0, 0.05) is 25.4 Å². The van der Waals surface area contributed by atoms with Gasteiger partial charge in [-0.05, 0) is 17.7 Å². The quantitative estimate of drug-likeness (QED) is 0.648. The third-order valence-corrected chi connectivity index (χ3v) is 3.47. The predicted octanol–water partition coefficient (Wildman–Crippen LogP) is 1.18. The standard InChI is InChI=1S/C17H17FN2O5/c1-25-9-14(22)15-16(23)13(8-21)12(7-19-15)17(24)20-6-10-2-4-11(18)5-3-10/h2-5,7,21,23H,6,8-9H2,1H3,(H,20,24). The van der Waals surface area contributed by atoms with Gasteiger partial charge in [-0.1, -0.05) is 12.1 Å². The van der Waals surface area contributed by atoms with Gasteiger partial charge in [-0.15, -0.1) is 0 Å².